The standard InChI is InChI=1S/C12H11NO4/c1-8-7-11(14)13(12(15)17-8)9-3-5-10(16-2)6-4-9/h3-7H,1-2H3. The molecule has 1 aromatic carbocycles. The van der Waals surface area contributed by atoms with Gasteiger partial charge in [0, 0.05) is 6.07 Å². The highest BCUT2D eigenvalue weighted by atomic mass is 16.5. The van der Waals surface area contributed by atoms with Gasteiger partial charge in [0.25, 0.3) is 5.56 Å². The van der Waals surface area contributed by atoms with Gasteiger partial charge >= 0.3 is 5.76 Å². The van der Waals surface area contributed by atoms with Crippen LogP contribution in [-0.2, 0) is 0 Å². The van der Waals surface area contributed by atoms with Crippen LogP contribution in [0.15, 0.2) is 44.3 Å². The molecule has 0 aliphatic rings. The van der Waals surface area contributed by atoms with E-state index in [-0.39, 0.29) is 0 Å². The Morgan fingerprint density at radius 1 is 1.18 bits per heavy atom. The van der Waals surface area contributed by atoms with Crippen LogP contribution >= 0.6 is 0 Å². The van der Waals surface area contributed by atoms with Gasteiger partial charge in [-0.1, -0.05) is 0 Å². The van der Waals surface area contributed by atoms with E-state index >= 15 is 0 Å². The summed E-state index contributed by atoms with van der Waals surface area (Å²) in [5.41, 5.74) is 0.0356. The highest BCUT2D eigenvalue weighted by Crippen LogP contribution is 2.12. The predicted molar refractivity (Wildman–Crippen MR) is 61.9 cm³/mol. The molecule has 0 atom stereocenters. The number of hydrogen-bond donors (Lipinski definition) is 0. The third kappa shape index (κ3) is 2.13. The molecule has 17 heavy (non-hydrogen) atoms. The van der Waals surface area contributed by atoms with E-state index < -0.39 is 11.3 Å². The molecule has 0 N–H and O–H groups in total. The van der Waals surface area contributed by atoms with Crippen molar-refractivity contribution in [3.8, 4) is 11.4 Å². The average Bonchev–Trinajstić information content (AvgIpc) is 2.28. The van der Waals surface area contributed by atoms with Crippen molar-refractivity contribution in [2.75, 3.05) is 7.11 Å². The normalized spacial score (nSPS) is 10.2. The highest BCUT2D eigenvalue weighted by molar-refractivity contribution is 5.37. The zero-order valence-electron chi connectivity index (χ0n) is 9.47. The van der Waals surface area contributed by atoms with E-state index in [9.17, 15) is 9.59 Å². The lowest BCUT2D eigenvalue weighted by Gasteiger charge is -2.04. The van der Waals surface area contributed by atoms with Gasteiger partial charge in [-0.25, -0.2) is 9.36 Å². The fraction of sp³-hybridized carbons (Fsp3) is 0.167. The van der Waals surface area contributed by atoms with E-state index in [2.05, 4.69) is 0 Å². The van der Waals surface area contributed by atoms with Crippen LogP contribution in [-0.4, -0.2) is 11.7 Å². The second-order valence-electron chi connectivity index (χ2n) is 3.49. The Hall–Kier alpha value is -2.30. The van der Waals surface area contributed by atoms with Crippen molar-refractivity contribution in [2.24, 2.45) is 0 Å². The van der Waals surface area contributed by atoms with Gasteiger partial charge in [0.1, 0.15) is 11.5 Å². The molecule has 0 aliphatic carbocycles. The van der Waals surface area contributed by atoms with Crippen molar-refractivity contribution in [3.05, 3.63) is 57.0 Å². The van der Waals surface area contributed by atoms with Gasteiger partial charge < -0.3 is 9.15 Å². The molecule has 88 valence electrons. The minimum Gasteiger partial charge on any atom is -0.497 e. The number of aromatic nitrogens is 1. The Labute approximate surface area is 96.9 Å². The number of benzene rings is 1. The van der Waals surface area contributed by atoms with Gasteiger partial charge in [-0.3, -0.25) is 4.79 Å². The number of rotatable bonds is 2. The first-order valence-electron chi connectivity index (χ1n) is 5.00. The first kappa shape index (κ1) is 11.2. The lowest BCUT2D eigenvalue weighted by Crippen LogP contribution is -2.30. The summed E-state index contributed by atoms with van der Waals surface area (Å²) in [5, 5.41) is 0. The maximum absolute atomic E-state index is 11.7. The summed E-state index contributed by atoms with van der Waals surface area (Å²) in [4.78, 5) is 23.3. The van der Waals surface area contributed by atoms with E-state index in [1.165, 1.54) is 6.07 Å². The van der Waals surface area contributed by atoms with Crippen molar-refractivity contribution in [3.63, 3.8) is 0 Å². The molecule has 5 nitrogen and oxygen atoms in total. The fourth-order valence-corrected chi connectivity index (χ4v) is 1.51. The summed E-state index contributed by atoms with van der Waals surface area (Å²) < 4.78 is 10.8. The molecular weight excluding hydrogens is 222 g/mol. The highest BCUT2D eigenvalue weighted by Gasteiger charge is 2.06. The first-order valence-corrected chi connectivity index (χ1v) is 5.00. The Morgan fingerprint density at radius 3 is 2.35 bits per heavy atom. The third-order valence-corrected chi connectivity index (χ3v) is 2.31. The molecule has 5 heteroatoms. The maximum Gasteiger partial charge on any atom is 0.426 e. The molecule has 0 spiro atoms. The Balaban J connectivity index is 2.60. The van der Waals surface area contributed by atoms with Crippen molar-refractivity contribution in [1.82, 2.24) is 4.57 Å². The Morgan fingerprint density at radius 2 is 1.82 bits per heavy atom. The van der Waals surface area contributed by atoms with Gasteiger partial charge in [-0.2, -0.15) is 0 Å². The van der Waals surface area contributed by atoms with Crippen molar-refractivity contribution < 1.29 is 9.15 Å². The SMILES string of the molecule is COc1ccc(-n2c(=O)cc(C)oc2=O)cc1. The Bertz CT molecular complexity index is 606. The molecule has 0 aliphatic heterocycles. The lowest BCUT2D eigenvalue weighted by molar-refractivity contribution is 0.414. The van der Waals surface area contributed by atoms with Gasteiger partial charge in [-0.15, -0.1) is 0 Å². The summed E-state index contributed by atoms with van der Waals surface area (Å²) >= 11 is 0. The van der Waals surface area contributed by atoms with Crippen LogP contribution in [0.1, 0.15) is 5.76 Å². The first-order chi connectivity index (χ1) is 8.11. The largest absolute Gasteiger partial charge is 0.497 e. The van der Waals surface area contributed by atoms with Crippen LogP contribution < -0.4 is 16.1 Å². The van der Waals surface area contributed by atoms with Gasteiger partial charge in [0.05, 0.1) is 12.8 Å². The second-order valence-corrected chi connectivity index (χ2v) is 3.49. The number of methoxy groups -OCH3 is 1. The van der Waals surface area contributed by atoms with Crippen LogP contribution in [0.3, 0.4) is 0 Å². The van der Waals surface area contributed by atoms with Crippen molar-refractivity contribution >= 4 is 0 Å². The van der Waals surface area contributed by atoms with Crippen LogP contribution in [0.4, 0.5) is 0 Å². The predicted octanol–water partition coefficient (Wildman–Crippen LogP) is 1.11. The van der Waals surface area contributed by atoms with Gasteiger partial charge in [0.15, 0.2) is 0 Å². The molecular formula is C12H11NO4. The van der Waals surface area contributed by atoms with Crippen LogP contribution in [0.2, 0.25) is 0 Å². The zero-order valence-corrected chi connectivity index (χ0v) is 9.47. The summed E-state index contributed by atoms with van der Waals surface area (Å²) in [5.74, 6) is 0.253. The minimum absolute atomic E-state index is 0.296. The van der Waals surface area contributed by atoms with Crippen molar-refractivity contribution in [2.45, 2.75) is 6.92 Å². The summed E-state index contributed by atoms with van der Waals surface area (Å²) in [7, 11) is 1.54. The molecule has 1 aromatic heterocycles. The fourth-order valence-electron chi connectivity index (χ4n) is 1.51. The number of nitrogens with zero attached hydrogens (tertiary/aromatic N) is 1. The third-order valence-electron chi connectivity index (χ3n) is 2.31. The molecule has 0 amide bonds. The molecule has 0 unspecified atom stereocenters. The van der Waals surface area contributed by atoms with Crippen LogP contribution in [0.25, 0.3) is 5.69 Å². The number of aryl methyl sites for hydroxylation is 1. The second kappa shape index (κ2) is 4.29. The van der Waals surface area contributed by atoms with Crippen LogP contribution in [0.5, 0.6) is 5.75 Å². The molecule has 0 fully saturated rings. The molecule has 0 saturated carbocycles. The summed E-state index contributed by atoms with van der Waals surface area (Å²) in [6.45, 7) is 1.56. The topological polar surface area (TPSA) is 61.4 Å². The molecule has 0 saturated heterocycles. The van der Waals surface area contributed by atoms with Crippen molar-refractivity contribution in [1.29, 1.82) is 0 Å². The molecule has 0 radical (unpaired) electrons. The van der Waals surface area contributed by atoms with Gasteiger partial charge in [0.2, 0.25) is 0 Å². The van der Waals surface area contributed by atoms with E-state index in [1.807, 2.05) is 0 Å². The minimum atomic E-state index is -0.694. The van der Waals surface area contributed by atoms with E-state index in [1.54, 1.807) is 38.3 Å². The molecule has 2 rings (SSSR count). The van der Waals surface area contributed by atoms with E-state index in [0.717, 1.165) is 4.57 Å². The molecule has 1 heterocycles. The van der Waals surface area contributed by atoms with Crippen LogP contribution in [0, 0.1) is 6.92 Å². The summed E-state index contributed by atoms with van der Waals surface area (Å²) in [6, 6.07) is 7.84. The van der Waals surface area contributed by atoms with E-state index in [4.69, 9.17) is 9.15 Å². The average molecular weight is 233 g/mol. The summed E-state index contributed by atoms with van der Waals surface area (Å²) in [6.07, 6.45) is 0. The monoisotopic (exact) mass is 233 g/mol. The number of hydrogen-bond acceptors (Lipinski definition) is 4. The lowest BCUT2D eigenvalue weighted by atomic mass is 10.3. The van der Waals surface area contributed by atoms with E-state index in [0.29, 0.717) is 17.2 Å². The van der Waals surface area contributed by atoms with Gasteiger partial charge in [-0.05, 0) is 31.2 Å². The smallest absolute Gasteiger partial charge is 0.426 e. The maximum atomic E-state index is 11.7. The quantitative estimate of drug-likeness (QED) is 0.779. The number of ether oxygens (including phenoxy) is 1. The Kier molecular flexibility index (Phi) is 2.82. The molecule has 2 aromatic rings. The zero-order chi connectivity index (χ0) is 12.4. The molecule has 0 bridgehead atoms.